The zero-order valence-electron chi connectivity index (χ0n) is 19.4. The maximum atomic E-state index is 13.3. The molecule has 0 spiro atoms. The maximum Gasteiger partial charge on any atom is 0.143 e. The van der Waals surface area contributed by atoms with Crippen LogP contribution in [0.2, 0.25) is 0 Å². The molecule has 0 heterocycles. The Hall–Kier alpha value is -0.850. The summed E-state index contributed by atoms with van der Waals surface area (Å²) in [6, 6.07) is 0. The van der Waals surface area contributed by atoms with E-state index in [0.717, 1.165) is 36.0 Å². The number of hydrogen-bond donors (Lipinski definition) is 0. The van der Waals surface area contributed by atoms with Crippen molar-refractivity contribution in [1.29, 1.82) is 0 Å². The highest BCUT2D eigenvalue weighted by atomic mass is 16.1. The third-order valence-electron chi connectivity index (χ3n) is 10.9. The Bertz CT molecular complexity index is 731. The monoisotopic (exact) mass is 394 g/mol. The van der Waals surface area contributed by atoms with Crippen LogP contribution in [0.25, 0.3) is 0 Å². The number of hydrogen-bond acceptors (Lipinski definition) is 1. The molecule has 0 radical (unpaired) electrons. The fraction of sp³-hybridized carbons (Fsp3) is 0.821. The minimum Gasteiger partial charge on any atom is -0.299 e. The van der Waals surface area contributed by atoms with Gasteiger partial charge >= 0.3 is 0 Å². The molecule has 0 aromatic rings. The lowest BCUT2D eigenvalue weighted by molar-refractivity contribution is -0.123. The Morgan fingerprint density at radius 1 is 1.10 bits per heavy atom. The van der Waals surface area contributed by atoms with Gasteiger partial charge in [-0.3, -0.25) is 4.79 Å². The van der Waals surface area contributed by atoms with Crippen LogP contribution >= 0.6 is 0 Å². The first kappa shape index (κ1) is 20.1. The van der Waals surface area contributed by atoms with E-state index in [9.17, 15) is 4.79 Å². The maximum absolute atomic E-state index is 13.3. The normalized spacial score (nSPS) is 51.5. The van der Waals surface area contributed by atoms with Crippen molar-refractivity contribution in [3.63, 3.8) is 0 Å². The van der Waals surface area contributed by atoms with Crippen LogP contribution in [0.3, 0.4) is 0 Å². The third-order valence-corrected chi connectivity index (χ3v) is 10.9. The molecule has 10 atom stereocenters. The quantitative estimate of drug-likeness (QED) is 0.465. The second-order valence-electron chi connectivity index (χ2n) is 12.4. The molecule has 1 nitrogen and oxygen atoms in total. The van der Waals surface area contributed by atoms with Gasteiger partial charge in [-0.1, -0.05) is 58.9 Å². The summed E-state index contributed by atoms with van der Waals surface area (Å²) in [5.74, 6) is 6.58. The van der Waals surface area contributed by atoms with E-state index in [0.29, 0.717) is 29.0 Å². The lowest BCUT2D eigenvalue weighted by atomic mass is 9.45. The smallest absolute Gasteiger partial charge is 0.143 e. The van der Waals surface area contributed by atoms with Crippen molar-refractivity contribution in [1.82, 2.24) is 0 Å². The molecule has 5 aliphatic carbocycles. The SMILES string of the molecule is CC(C)C/C=C/[C@H](C)[C@@H]1CC[C@H]2[C@H]3CC4C(=O)C5C=CC[C@H]4[C@]5(C)[C@H]3CC[C@@]21C. The van der Waals surface area contributed by atoms with Gasteiger partial charge < -0.3 is 0 Å². The Morgan fingerprint density at radius 2 is 1.90 bits per heavy atom. The van der Waals surface area contributed by atoms with E-state index >= 15 is 0 Å². The molecule has 5 aliphatic rings. The van der Waals surface area contributed by atoms with Crippen LogP contribution in [0.15, 0.2) is 24.3 Å². The van der Waals surface area contributed by atoms with E-state index < -0.39 is 0 Å². The summed E-state index contributed by atoms with van der Waals surface area (Å²) in [4.78, 5) is 13.3. The first-order valence-corrected chi connectivity index (χ1v) is 12.7. The fourth-order valence-electron chi connectivity index (χ4n) is 9.55. The van der Waals surface area contributed by atoms with Crippen molar-refractivity contribution in [3.8, 4) is 0 Å². The number of carbonyl (C=O) groups is 1. The average molecular weight is 395 g/mol. The van der Waals surface area contributed by atoms with Gasteiger partial charge in [0.15, 0.2) is 0 Å². The van der Waals surface area contributed by atoms with Crippen molar-refractivity contribution < 1.29 is 4.79 Å². The Labute approximate surface area is 178 Å². The van der Waals surface area contributed by atoms with Crippen molar-refractivity contribution in [2.75, 3.05) is 0 Å². The van der Waals surface area contributed by atoms with E-state index in [1.54, 1.807) is 0 Å². The van der Waals surface area contributed by atoms with Crippen LogP contribution in [0.4, 0.5) is 0 Å². The van der Waals surface area contributed by atoms with Gasteiger partial charge in [0.1, 0.15) is 5.78 Å². The third kappa shape index (κ3) is 2.67. The van der Waals surface area contributed by atoms with E-state index in [1.165, 1.54) is 38.5 Å². The molecule has 0 saturated heterocycles. The zero-order valence-corrected chi connectivity index (χ0v) is 19.4. The molecular weight excluding hydrogens is 352 g/mol. The van der Waals surface area contributed by atoms with Gasteiger partial charge in [0.2, 0.25) is 0 Å². The van der Waals surface area contributed by atoms with Crippen molar-refractivity contribution >= 4 is 5.78 Å². The van der Waals surface area contributed by atoms with Crippen LogP contribution in [-0.4, -0.2) is 5.78 Å². The van der Waals surface area contributed by atoms with E-state index in [-0.39, 0.29) is 11.3 Å². The predicted octanol–water partition coefficient (Wildman–Crippen LogP) is 7.08. The number of allylic oxidation sites excluding steroid dienone is 4. The van der Waals surface area contributed by atoms with Gasteiger partial charge in [0, 0.05) is 11.8 Å². The molecule has 0 aliphatic heterocycles. The molecule has 4 bridgehead atoms. The molecule has 5 rings (SSSR count). The highest BCUT2D eigenvalue weighted by Gasteiger charge is 2.68. The van der Waals surface area contributed by atoms with Crippen LogP contribution in [0.5, 0.6) is 0 Å². The minimum absolute atomic E-state index is 0.237. The lowest BCUT2D eigenvalue weighted by Crippen LogP contribution is -2.53. The summed E-state index contributed by atoms with van der Waals surface area (Å²) in [6.07, 6.45) is 18.8. The largest absolute Gasteiger partial charge is 0.299 e. The molecule has 4 saturated carbocycles. The number of rotatable bonds is 4. The molecule has 0 aromatic heterocycles. The molecular formula is C28H42O. The minimum atomic E-state index is 0.237. The first-order chi connectivity index (χ1) is 13.8. The molecule has 1 heteroatoms. The summed E-state index contributed by atoms with van der Waals surface area (Å²) in [5, 5.41) is 0. The lowest BCUT2D eigenvalue weighted by Gasteiger charge is -2.59. The second kappa shape index (κ2) is 6.83. The van der Waals surface area contributed by atoms with Gasteiger partial charge in [-0.15, -0.1) is 0 Å². The van der Waals surface area contributed by atoms with Crippen LogP contribution in [0.1, 0.15) is 79.6 Å². The molecule has 0 amide bonds. The molecule has 0 aromatic carbocycles. The first-order valence-electron chi connectivity index (χ1n) is 12.7. The number of carbonyl (C=O) groups excluding carboxylic acids is 1. The standard InChI is InChI=1S/C28H42O/c1-17(2)8-6-9-18(3)21-12-13-22-19-16-20-23-10-7-11-25(26(20)29)28(23,5)24(19)14-15-27(21,22)4/h6-7,9,11,17-25H,8,10,12-16H2,1-5H3/b9-6+/t18-,19+,20?,21-,22-,23+,24-,25?,27+,28+/m0/s1. The molecule has 2 unspecified atom stereocenters. The molecule has 0 N–H and O–H groups in total. The van der Waals surface area contributed by atoms with E-state index in [1.807, 2.05) is 0 Å². The van der Waals surface area contributed by atoms with Crippen molar-refractivity contribution in [3.05, 3.63) is 24.3 Å². The average Bonchev–Trinajstić information content (AvgIpc) is 3.00. The van der Waals surface area contributed by atoms with Crippen LogP contribution in [-0.2, 0) is 4.79 Å². The predicted molar refractivity (Wildman–Crippen MR) is 120 cm³/mol. The zero-order chi connectivity index (χ0) is 20.6. The summed E-state index contributed by atoms with van der Waals surface area (Å²) >= 11 is 0. The van der Waals surface area contributed by atoms with Crippen LogP contribution in [0, 0.1) is 64.1 Å². The van der Waals surface area contributed by atoms with Gasteiger partial charge in [0.05, 0.1) is 0 Å². The van der Waals surface area contributed by atoms with Crippen LogP contribution < -0.4 is 0 Å². The van der Waals surface area contributed by atoms with Crippen molar-refractivity contribution in [2.45, 2.75) is 79.6 Å². The number of Topliss-reactive ketones (excluding diaryl/α,β-unsaturated/α-hetero) is 1. The molecule has 4 fully saturated rings. The Morgan fingerprint density at radius 3 is 2.66 bits per heavy atom. The molecule has 29 heavy (non-hydrogen) atoms. The second-order valence-corrected chi connectivity index (χ2v) is 12.4. The van der Waals surface area contributed by atoms with Crippen molar-refractivity contribution in [2.24, 2.45) is 64.1 Å². The topological polar surface area (TPSA) is 17.1 Å². The van der Waals surface area contributed by atoms with Gasteiger partial charge in [0.25, 0.3) is 0 Å². The highest BCUT2D eigenvalue weighted by molar-refractivity contribution is 5.90. The summed E-state index contributed by atoms with van der Waals surface area (Å²) in [7, 11) is 0. The number of fused-ring (bicyclic) bond motifs is 3. The summed E-state index contributed by atoms with van der Waals surface area (Å²) in [6.45, 7) is 12.3. The summed E-state index contributed by atoms with van der Waals surface area (Å²) < 4.78 is 0. The van der Waals surface area contributed by atoms with E-state index in [4.69, 9.17) is 0 Å². The fourth-order valence-corrected chi connectivity index (χ4v) is 9.55. The van der Waals surface area contributed by atoms with Gasteiger partial charge in [-0.2, -0.15) is 0 Å². The molecule has 160 valence electrons. The summed E-state index contributed by atoms with van der Waals surface area (Å²) in [5.41, 5.74) is 0.755. The highest BCUT2D eigenvalue weighted by Crippen LogP contribution is 2.72. The Balaban J connectivity index is 1.40. The van der Waals surface area contributed by atoms with Gasteiger partial charge in [-0.05, 0) is 97.2 Å². The Kier molecular flexibility index (Phi) is 4.73. The number of ketones is 1. The van der Waals surface area contributed by atoms with E-state index in [2.05, 4.69) is 58.9 Å². The van der Waals surface area contributed by atoms with Gasteiger partial charge in [-0.25, -0.2) is 0 Å².